The van der Waals surface area contributed by atoms with Gasteiger partial charge in [-0.15, -0.1) is 0 Å². The number of carboxylic acids is 1. The van der Waals surface area contributed by atoms with Crippen molar-refractivity contribution in [2.24, 2.45) is 5.92 Å². The van der Waals surface area contributed by atoms with Crippen LogP contribution in [0.1, 0.15) is 5.56 Å². The number of aliphatic carboxylic acids is 1. The van der Waals surface area contributed by atoms with Crippen LogP contribution in [0.2, 0.25) is 10.0 Å². The number of hydrogen-bond donors (Lipinski definition) is 1. The van der Waals surface area contributed by atoms with Gasteiger partial charge in [-0.05, 0) is 23.8 Å². The normalized spacial score (nSPS) is 15.6. The van der Waals surface area contributed by atoms with Gasteiger partial charge < -0.3 is 10.0 Å². The summed E-state index contributed by atoms with van der Waals surface area (Å²) in [5.41, 5.74) is 0.690. The molecule has 0 bridgehead atoms. The number of carbonyl (C=O) groups is 2. The van der Waals surface area contributed by atoms with Crippen molar-refractivity contribution in [1.82, 2.24) is 4.90 Å². The van der Waals surface area contributed by atoms with E-state index in [-0.39, 0.29) is 19.0 Å². The molecule has 1 aliphatic heterocycles. The number of nitrogens with zero attached hydrogens (tertiary/aromatic N) is 1. The lowest BCUT2D eigenvalue weighted by atomic mass is 10.0. The molecule has 0 radical (unpaired) electrons. The summed E-state index contributed by atoms with van der Waals surface area (Å²) < 4.78 is 0. The van der Waals surface area contributed by atoms with Crippen molar-refractivity contribution in [3.05, 3.63) is 39.9 Å². The standard InChI is InChI=1S/C13H11Cl2NO3/c14-10-3-1-8(11(15)5-10)2-4-12(17)16-6-9(7-16)13(18)19/h1-5,9H,6-7H2,(H,18,19). The molecule has 0 atom stereocenters. The molecular formula is C13H11Cl2NO3. The number of carboxylic acid groups (broad SMARTS) is 1. The minimum absolute atomic E-state index is 0.219. The summed E-state index contributed by atoms with van der Waals surface area (Å²) in [6, 6.07) is 4.99. The van der Waals surface area contributed by atoms with E-state index in [0.29, 0.717) is 15.6 Å². The summed E-state index contributed by atoms with van der Waals surface area (Å²) in [7, 11) is 0. The highest BCUT2D eigenvalue weighted by Crippen LogP contribution is 2.22. The van der Waals surface area contributed by atoms with E-state index in [1.54, 1.807) is 24.3 Å². The predicted molar refractivity (Wildman–Crippen MR) is 73.2 cm³/mol. The number of likely N-dealkylation sites (tertiary alicyclic amines) is 1. The lowest BCUT2D eigenvalue weighted by Crippen LogP contribution is -2.52. The molecule has 0 saturated carbocycles. The Kier molecular flexibility index (Phi) is 4.12. The van der Waals surface area contributed by atoms with Crippen molar-refractivity contribution in [2.45, 2.75) is 0 Å². The fourth-order valence-corrected chi connectivity index (χ4v) is 2.19. The summed E-state index contributed by atoms with van der Waals surface area (Å²) in [6.07, 6.45) is 2.97. The Bertz CT molecular complexity index is 551. The Morgan fingerprint density at radius 2 is 2.00 bits per heavy atom. The third kappa shape index (κ3) is 3.28. The maximum atomic E-state index is 11.7. The first kappa shape index (κ1) is 13.9. The monoisotopic (exact) mass is 299 g/mol. The Morgan fingerprint density at radius 1 is 1.32 bits per heavy atom. The van der Waals surface area contributed by atoms with Crippen LogP contribution in [0.25, 0.3) is 6.08 Å². The second-order valence-electron chi connectivity index (χ2n) is 4.28. The molecule has 2 rings (SSSR count). The van der Waals surface area contributed by atoms with Gasteiger partial charge in [-0.3, -0.25) is 9.59 Å². The molecule has 6 heteroatoms. The zero-order valence-corrected chi connectivity index (χ0v) is 11.4. The van der Waals surface area contributed by atoms with Crippen LogP contribution in [0.5, 0.6) is 0 Å². The van der Waals surface area contributed by atoms with Gasteiger partial charge in [-0.25, -0.2) is 0 Å². The maximum Gasteiger partial charge on any atom is 0.310 e. The van der Waals surface area contributed by atoms with Crippen LogP contribution in [0.4, 0.5) is 0 Å². The van der Waals surface area contributed by atoms with E-state index in [0.717, 1.165) is 0 Å². The van der Waals surface area contributed by atoms with E-state index >= 15 is 0 Å². The van der Waals surface area contributed by atoms with E-state index in [2.05, 4.69) is 0 Å². The molecule has 1 amide bonds. The van der Waals surface area contributed by atoms with Gasteiger partial charge >= 0.3 is 5.97 Å². The van der Waals surface area contributed by atoms with Crippen molar-refractivity contribution >= 4 is 41.2 Å². The van der Waals surface area contributed by atoms with Crippen molar-refractivity contribution in [2.75, 3.05) is 13.1 Å². The van der Waals surface area contributed by atoms with Crippen molar-refractivity contribution < 1.29 is 14.7 Å². The number of rotatable bonds is 3. The van der Waals surface area contributed by atoms with E-state index in [1.807, 2.05) is 0 Å². The molecule has 0 unspecified atom stereocenters. The highest BCUT2D eigenvalue weighted by atomic mass is 35.5. The van der Waals surface area contributed by atoms with E-state index in [9.17, 15) is 9.59 Å². The smallest absolute Gasteiger partial charge is 0.310 e. The first-order valence-corrected chi connectivity index (χ1v) is 6.38. The van der Waals surface area contributed by atoms with Gasteiger partial charge in [0.15, 0.2) is 0 Å². The quantitative estimate of drug-likeness (QED) is 0.873. The first-order chi connectivity index (χ1) is 8.97. The fourth-order valence-electron chi connectivity index (χ4n) is 1.72. The largest absolute Gasteiger partial charge is 0.481 e. The molecule has 0 aliphatic carbocycles. The molecule has 1 aliphatic rings. The second-order valence-corrected chi connectivity index (χ2v) is 5.12. The van der Waals surface area contributed by atoms with Crippen LogP contribution in [0.15, 0.2) is 24.3 Å². The molecule has 4 nitrogen and oxygen atoms in total. The van der Waals surface area contributed by atoms with Gasteiger partial charge in [0.2, 0.25) is 5.91 Å². The van der Waals surface area contributed by atoms with Crippen LogP contribution >= 0.6 is 23.2 Å². The average Bonchev–Trinajstić information content (AvgIpc) is 2.25. The minimum Gasteiger partial charge on any atom is -0.481 e. The van der Waals surface area contributed by atoms with Crippen LogP contribution in [0, 0.1) is 5.92 Å². The molecular weight excluding hydrogens is 289 g/mol. The van der Waals surface area contributed by atoms with Crippen molar-refractivity contribution in [3.8, 4) is 0 Å². The SMILES string of the molecule is O=C(O)C1CN(C(=O)C=Cc2ccc(Cl)cc2Cl)C1. The van der Waals surface area contributed by atoms with Crippen LogP contribution in [-0.2, 0) is 9.59 Å². The Hall–Kier alpha value is -1.52. The Labute approximate surface area is 120 Å². The third-order valence-electron chi connectivity index (χ3n) is 2.91. The lowest BCUT2D eigenvalue weighted by Gasteiger charge is -2.35. The van der Waals surface area contributed by atoms with Crippen LogP contribution in [-0.4, -0.2) is 35.0 Å². The second kappa shape index (κ2) is 5.63. The van der Waals surface area contributed by atoms with Crippen LogP contribution < -0.4 is 0 Å². The number of halogens is 2. The van der Waals surface area contributed by atoms with Gasteiger partial charge in [0, 0.05) is 29.2 Å². The average molecular weight is 300 g/mol. The van der Waals surface area contributed by atoms with E-state index < -0.39 is 11.9 Å². The number of benzene rings is 1. The summed E-state index contributed by atoms with van der Waals surface area (Å²) in [6.45, 7) is 0.514. The minimum atomic E-state index is -0.867. The molecule has 1 saturated heterocycles. The molecule has 1 heterocycles. The zero-order valence-electron chi connectivity index (χ0n) is 9.85. The summed E-state index contributed by atoms with van der Waals surface area (Å²) in [4.78, 5) is 23.8. The highest BCUT2D eigenvalue weighted by Gasteiger charge is 2.34. The third-order valence-corrected chi connectivity index (χ3v) is 3.47. The molecule has 0 aromatic heterocycles. The van der Waals surface area contributed by atoms with Crippen molar-refractivity contribution in [3.63, 3.8) is 0 Å². The molecule has 1 N–H and O–H groups in total. The highest BCUT2D eigenvalue weighted by molar-refractivity contribution is 6.35. The van der Waals surface area contributed by atoms with E-state index in [4.69, 9.17) is 28.3 Å². The fraction of sp³-hybridized carbons (Fsp3) is 0.231. The molecule has 1 aromatic rings. The van der Waals surface area contributed by atoms with Gasteiger partial charge in [-0.2, -0.15) is 0 Å². The molecule has 19 heavy (non-hydrogen) atoms. The van der Waals surface area contributed by atoms with Gasteiger partial charge in [0.1, 0.15) is 0 Å². The van der Waals surface area contributed by atoms with E-state index in [1.165, 1.54) is 11.0 Å². The number of carbonyl (C=O) groups excluding carboxylic acids is 1. The Morgan fingerprint density at radius 3 is 2.58 bits per heavy atom. The van der Waals surface area contributed by atoms with Gasteiger partial charge in [0.05, 0.1) is 5.92 Å². The first-order valence-electron chi connectivity index (χ1n) is 5.62. The van der Waals surface area contributed by atoms with Crippen LogP contribution in [0.3, 0.4) is 0 Å². The summed E-state index contributed by atoms with van der Waals surface area (Å²) in [5.74, 6) is -1.53. The maximum absolute atomic E-state index is 11.7. The lowest BCUT2D eigenvalue weighted by molar-refractivity contribution is -0.151. The molecule has 1 aromatic carbocycles. The zero-order chi connectivity index (χ0) is 14.0. The molecule has 100 valence electrons. The molecule has 0 spiro atoms. The van der Waals surface area contributed by atoms with Gasteiger partial charge in [-0.1, -0.05) is 29.3 Å². The number of hydrogen-bond acceptors (Lipinski definition) is 2. The summed E-state index contributed by atoms with van der Waals surface area (Å²) in [5, 5.41) is 9.71. The topological polar surface area (TPSA) is 57.6 Å². The summed E-state index contributed by atoms with van der Waals surface area (Å²) >= 11 is 11.7. The van der Waals surface area contributed by atoms with Gasteiger partial charge in [0.25, 0.3) is 0 Å². The Balaban J connectivity index is 1.96. The molecule has 1 fully saturated rings. The van der Waals surface area contributed by atoms with Crippen molar-refractivity contribution in [1.29, 1.82) is 0 Å². The predicted octanol–water partition coefficient (Wildman–Crippen LogP) is 2.55. The number of amides is 1.